The molecule has 1 N–H and O–H groups in total. The van der Waals surface area contributed by atoms with Gasteiger partial charge in [-0.2, -0.15) is 0 Å². The van der Waals surface area contributed by atoms with Crippen LogP contribution < -0.4 is 5.56 Å². The zero-order valence-electron chi connectivity index (χ0n) is 14.6. The van der Waals surface area contributed by atoms with Gasteiger partial charge in [0.25, 0.3) is 5.56 Å². The Morgan fingerprint density at radius 2 is 1.74 bits per heavy atom. The molecule has 0 aliphatic rings. The monoisotopic (exact) mass is 384 g/mol. The summed E-state index contributed by atoms with van der Waals surface area (Å²) in [4.78, 5) is 39.3. The Kier molecular flexibility index (Phi) is 5.18. The number of esters is 2. The number of ether oxygens (including phenoxy) is 2. The Bertz CT molecular complexity index is 1150. The maximum Gasteiger partial charge on any atom is 0.338 e. The number of rotatable bonds is 4. The first-order valence-corrected chi connectivity index (χ1v) is 8.52. The molecular formula is C19H16N2O5S. The Morgan fingerprint density at radius 1 is 1.07 bits per heavy atom. The van der Waals surface area contributed by atoms with Gasteiger partial charge in [0.1, 0.15) is 0 Å². The summed E-state index contributed by atoms with van der Waals surface area (Å²) in [6.07, 6.45) is 0. The molecule has 0 spiro atoms. The smallest absolute Gasteiger partial charge is 0.338 e. The molecule has 2 aromatic carbocycles. The second kappa shape index (κ2) is 7.55. The zero-order valence-corrected chi connectivity index (χ0v) is 15.5. The van der Waals surface area contributed by atoms with Crippen LogP contribution in [0.5, 0.6) is 0 Å². The molecule has 0 fully saturated rings. The van der Waals surface area contributed by atoms with Crippen LogP contribution in [0.2, 0.25) is 0 Å². The fourth-order valence-corrected chi connectivity index (χ4v) is 2.96. The van der Waals surface area contributed by atoms with E-state index in [0.29, 0.717) is 27.7 Å². The maximum atomic E-state index is 12.9. The second-order valence-corrected chi connectivity index (χ2v) is 5.98. The maximum absolute atomic E-state index is 12.9. The summed E-state index contributed by atoms with van der Waals surface area (Å²) in [5.41, 5.74) is 1.30. The predicted octanol–water partition coefficient (Wildman–Crippen LogP) is 3.01. The van der Waals surface area contributed by atoms with E-state index in [1.165, 1.54) is 23.8 Å². The van der Waals surface area contributed by atoms with E-state index < -0.39 is 11.9 Å². The quantitative estimate of drug-likeness (QED) is 0.549. The van der Waals surface area contributed by atoms with Gasteiger partial charge in [-0.1, -0.05) is 0 Å². The molecule has 0 bridgehead atoms. The summed E-state index contributed by atoms with van der Waals surface area (Å²) in [6, 6.07) is 10.9. The minimum Gasteiger partial charge on any atom is -0.465 e. The van der Waals surface area contributed by atoms with Gasteiger partial charge in [-0.15, -0.1) is 0 Å². The van der Waals surface area contributed by atoms with E-state index in [-0.39, 0.29) is 16.9 Å². The molecule has 8 heteroatoms. The predicted molar refractivity (Wildman–Crippen MR) is 102 cm³/mol. The Labute approximate surface area is 159 Å². The molecule has 27 heavy (non-hydrogen) atoms. The van der Waals surface area contributed by atoms with E-state index >= 15 is 0 Å². The van der Waals surface area contributed by atoms with Crippen molar-refractivity contribution in [2.75, 3.05) is 13.7 Å². The fourth-order valence-electron chi connectivity index (χ4n) is 2.66. The van der Waals surface area contributed by atoms with Gasteiger partial charge in [0.15, 0.2) is 4.77 Å². The van der Waals surface area contributed by atoms with Crippen molar-refractivity contribution in [1.82, 2.24) is 9.55 Å². The Hall–Kier alpha value is -3.26. The van der Waals surface area contributed by atoms with E-state index in [4.69, 9.17) is 17.0 Å². The lowest BCUT2D eigenvalue weighted by molar-refractivity contribution is 0.0525. The first-order chi connectivity index (χ1) is 13.0. The average molecular weight is 384 g/mol. The Balaban J connectivity index is 2.10. The van der Waals surface area contributed by atoms with Crippen molar-refractivity contribution >= 4 is 35.1 Å². The van der Waals surface area contributed by atoms with Crippen LogP contribution in [0.3, 0.4) is 0 Å². The largest absolute Gasteiger partial charge is 0.465 e. The minimum atomic E-state index is -0.505. The van der Waals surface area contributed by atoms with Crippen molar-refractivity contribution in [1.29, 1.82) is 0 Å². The summed E-state index contributed by atoms with van der Waals surface area (Å²) in [6.45, 7) is 2.01. The number of aromatic nitrogens is 2. The van der Waals surface area contributed by atoms with Gasteiger partial charge in [0.05, 0.1) is 41.4 Å². The lowest BCUT2D eigenvalue weighted by atomic mass is 10.1. The summed E-state index contributed by atoms with van der Waals surface area (Å²) >= 11 is 5.31. The molecule has 0 saturated carbocycles. The molecule has 0 saturated heterocycles. The first-order valence-electron chi connectivity index (χ1n) is 8.11. The SMILES string of the molecule is CCOC(=O)c1ccc(-n2c(=S)[nH]c3cc(C(=O)OC)ccc3c2=O)cc1. The highest BCUT2D eigenvalue weighted by atomic mass is 32.1. The van der Waals surface area contributed by atoms with Crippen molar-refractivity contribution in [3.05, 3.63) is 68.7 Å². The lowest BCUT2D eigenvalue weighted by Crippen LogP contribution is -2.21. The molecule has 0 radical (unpaired) electrons. The number of nitrogens with one attached hydrogen (secondary N) is 1. The van der Waals surface area contributed by atoms with Crippen molar-refractivity contribution in [3.63, 3.8) is 0 Å². The summed E-state index contributed by atoms with van der Waals surface area (Å²) in [7, 11) is 1.28. The number of aromatic amines is 1. The van der Waals surface area contributed by atoms with Crippen molar-refractivity contribution in [2.24, 2.45) is 0 Å². The molecule has 0 unspecified atom stereocenters. The number of benzene rings is 2. The standard InChI is InChI=1S/C19H16N2O5S/c1-3-26-18(24)11-4-7-13(8-5-11)21-16(22)14-9-6-12(17(23)25-2)10-15(14)20-19(21)27/h4-10H,3H2,1-2H3,(H,20,27). The topological polar surface area (TPSA) is 90.4 Å². The third-order valence-corrected chi connectivity index (χ3v) is 4.24. The fraction of sp³-hybridized carbons (Fsp3) is 0.158. The van der Waals surface area contributed by atoms with E-state index in [1.54, 1.807) is 37.3 Å². The van der Waals surface area contributed by atoms with Crippen LogP contribution in [0.15, 0.2) is 47.3 Å². The molecule has 0 aliphatic heterocycles. The highest BCUT2D eigenvalue weighted by molar-refractivity contribution is 7.71. The van der Waals surface area contributed by atoms with E-state index in [9.17, 15) is 14.4 Å². The number of methoxy groups -OCH3 is 1. The first kappa shape index (κ1) is 18.5. The van der Waals surface area contributed by atoms with E-state index in [1.807, 2.05) is 0 Å². The number of carbonyl (C=O) groups is 2. The van der Waals surface area contributed by atoms with Gasteiger partial charge < -0.3 is 14.5 Å². The normalized spacial score (nSPS) is 10.6. The highest BCUT2D eigenvalue weighted by Crippen LogP contribution is 2.15. The number of hydrogen-bond acceptors (Lipinski definition) is 6. The second-order valence-electron chi connectivity index (χ2n) is 5.59. The van der Waals surface area contributed by atoms with Crippen molar-refractivity contribution in [3.8, 4) is 5.69 Å². The van der Waals surface area contributed by atoms with Gasteiger partial charge in [-0.3, -0.25) is 9.36 Å². The number of carbonyl (C=O) groups excluding carboxylic acids is 2. The summed E-state index contributed by atoms with van der Waals surface area (Å²) in [5.74, 6) is -0.939. The van der Waals surface area contributed by atoms with Gasteiger partial charge in [-0.25, -0.2) is 9.59 Å². The summed E-state index contributed by atoms with van der Waals surface area (Å²) in [5, 5.41) is 0.366. The molecule has 3 aromatic rings. The van der Waals surface area contributed by atoms with Gasteiger partial charge in [-0.05, 0) is 61.6 Å². The van der Waals surface area contributed by atoms with Crippen LogP contribution in [0, 0.1) is 4.77 Å². The number of nitrogens with zero attached hydrogens (tertiary/aromatic N) is 1. The Morgan fingerprint density at radius 3 is 2.37 bits per heavy atom. The van der Waals surface area contributed by atoms with Gasteiger partial charge in [0.2, 0.25) is 0 Å². The average Bonchev–Trinajstić information content (AvgIpc) is 2.67. The van der Waals surface area contributed by atoms with Crippen LogP contribution in [0.1, 0.15) is 27.6 Å². The molecule has 138 valence electrons. The minimum absolute atomic E-state index is 0.165. The molecule has 0 atom stereocenters. The van der Waals surface area contributed by atoms with Crippen LogP contribution >= 0.6 is 12.2 Å². The van der Waals surface area contributed by atoms with Crippen LogP contribution in [-0.4, -0.2) is 35.2 Å². The van der Waals surface area contributed by atoms with E-state index in [0.717, 1.165) is 0 Å². The molecular weight excluding hydrogens is 368 g/mol. The molecule has 7 nitrogen and oxygen atoms in total. The summed E-state index contributed by atoms with van der Waals surface area (Å²) < 4.78 is 11.1. The van der Waals surface area contributed by atoms with Crippen LogP contribution in [0.4, 0.5) is 0 Å². The molecule has 1 heterocycles. The van der Waals surface area contributed by atoms with Crippen LogP contribution in [-0.2, 0) is 9.47 Å². The number of H-pyrrole nitrogens is 1. The van der Waals surface area contributed by atoms with Crippen LogP contribution in [0.25, 0.3) is 16.6 Å². The molecule has 0 aliphatic carbocycles. The molecule has 3 rings (SSSR count). The lowest BCUT2D eigenvalue weighted by Gasteiger charge is -2.09. The molecule has 0 amide bonds. The van der Waals surface area contributed by atoms with Crippen molar-refractivity contribution in [2.45, 2.75) is 6.92 Å². The zero-order chi connectivity index (χ0) is 19.6. The molecule has 1 aromatic heterocycles. The number of fused-ring (bicyclic) bond motifs is 1. The van der Waals surface area contributed by atoms with Gasteiger partial charge >= 0.3 is 11.9 Å². The number of hydrogen-bond donors (Lipinski definition) is 1. The van der Waals surface area contributed by atoms with E-state index in [2.05, 4.69) is 9.72 Å². The highest BCUT2D eigenvalue weighted by Gasteiger charge is 2.12. The third-order valence-electron chi connectivity index (χ3n) is 3.96. The third kappa shape index (κ3) is 3.52. The van der Waals surface area contributed by atoms with Gasteiger partial charge in [0, 0.05) is 0 Å². The van der Waals surface area contributed by atoms with Crippen molar-refractivity contribution < 1.29 is 19.1 Å².